The van der Waals surface area contributed by atoms with Gasteiger partial charge < -0.3 is 30.0 Å². The number of carbonyl (C=O) groups excluding carboxylic acids is 5. The van der Waals surface area contributed by atoms with E-state index in [-0.39, 0.29) is 23.6 Å². The second-order valence-electron chi connectivity index (χ2n) is 10.8. The van der Waals surface area contributed by atoms with Crippen molar-refractivity contribution < 1.29 is 43.3 Å². The van der Waals surface area contributed by atoms with E-state index < -0.39 is 59.8 Å². The number of carbonyl (C=O) groups is 5. The average Bonchev–Trinajstić information content (AvgIpc) is 2.90. The fraction of sp³-hybridized carbons (Fsp3) is 0.621. The van der Waals surface area contributed by atoms with Crippen LogP contribution in [0.5, 0.6) is 5.75 Å². The normalized spacial score (nSPS) is 24.0. The molecule has 0 aliphatic carbocycles. The van der Waals surface area contributed by atoms with Crippen LogP contribution in [0, 0.1) is 17.8 Å². The second-order valence-corrected chi connectivity index (χ2v) is 10.8. The molecule has 1 aliphatic heterocycles. The van der Waals surface area contributed by atoms with E-state index >= 15 is 0 Å². The number of esters is 3. The van der Waals surface area contributed by atoms with Gasteiger partial charge in [-0.25, -0.2) is 4.79 Å². The standard InChI is InChI=1S/C29H42N2O9/c1-7-17(4)10-8-12-21-26(40-23(33)14-16(2)3)19(6)39-29(37)24(18(5)38-28(21)36)31-27(35)20-11-9-13-22(25(20)34)30-15-32/h9,11,13,15-19,21,24,26,34H,7-8,10,12,14H2,1-6H3,(H,30,32)(H,31,35). The lowest BCUT2D eigenvalue weighted by molar-refractivity contribution is -0.175. The maximum Gasteiger partial charge on any atom is 0.332 e. The lowest BCUT2D eigenvalue weighted by atomic mass is 9.90. The minimum Gasteiger partial charge on any atom is -0.505 e. The van der Waals surface area contributed by atoms with Gasteiger partial charge in [-0.15, -0.1) is 0 Å². The van der Waals surface area contributed by atoms with E-state index in [1.54, 1.807) is 0 Å². The largest absolute Gasteiger partial charge is 0.505 e. The molecule has 0 radical (unpaired) electrons. The predicted octanol–water partition coefficient (Wildman–Crippen LogP) is 3.73. The first kappa shape index (κ1) is 32.6. The fourth-order valence-corrected chi connectivity index (χ4v) is 4.50. The highest BCUT2D eigenvalue weighted by Gasteiger charge is 2.44. The minimum atomic E-state index is -1.42. The summed E-state index contributed by atoms with van der Waals surface area (Å²) in [5.74, 6) is -3.84. The van der Waals surface area contributed by atoms with Crippen molar-refractivity contribution in [3.63, 3.8) is 0 Å². The van der Waals surface area contributed by atoms with Crippen LogP contribution >= 0.6 is 0 Å². The summed E-state index contributed by atoms with van der Waals surface area (Å²) >= 11 is 0. The third-order valence-electron chi connectivity index (χ3n) is 7.02. The first-order valence-electron chi connectivity index (χ1n) is 13.8. The van der Waals surface area contributed by atoms with Gasteiger partial charge in [-0.1, -0.05) is 53.0 Å². The number of aromatic hydroxyl groups is 1. The van der Waals surface area contributed by atoms with E-state index in [9.17, 15) is 29.1 Å². The number of phenols is 1. The van der Waals surface area contributed by atoms with Crippen LogP contribution in [-0.2, 0) is 33.4 Å². The molecule has 1 aromatic rings. The van der Waals surface area contributed by atoms with Gasteiger partial charge in [-0.2, -0.15) is 0 Å². The van der Waals surface area contributed by atoms with Gasteiger partial charge in [0, 0.05) is 6.42 Å². The van der Waals surface area contributed by atoms with Gasteiger partial charge in [-0.05, 0) is 44.2 Å². The van der Waals surface area contributed by atoms with Crippen molar-refractivity contribution in [3.8, 4) is 5.75 Å². The molecule has 11 heteroatoms. The first-order valence-corrected chi connectivity index (χ1v) is 13.8. The van der Waals surface area contributed by atoms with Crippen LogP contribution in [0.2, 0.25) is 0 Å². The lowest BCUT2D eigenvalue weighted by Crippen LogP contribution is -2.50. The lowest BCUT2D eigenvalue weighted by Gasteiger charge is -2.29. The molecule has 3 N–H and O–H groups in total. The molecular formula is C29H42N2O9. The van der Waals surface area contributed by atoms with Crippen molar-refractivity contribution >= 4 is 35.9 Å². The van der Waals surface area contributed by atoms with Gasteiger partial charge in [0.1, 0.15) is 12.2 Å². The molecule has 0 bridgehead atoms. The van der Waals surface area contributed by atoms with E-state index in [1.807, 2.05) is 13.8 Å². The summed E-state index contributed by atoms with van der Waals surface area (Å²) in [4.78, 5) is 63.1. The summed E-state index contributed by atoms with van der Waals surface area (Å²) in [7, 11) is 0. The zero-order valence-electron chi connectivity index (χ0n) is 24.1. The van der Waals surface area contributed by atoms with Crippen LogP contribution in [-0.4, -0.2) is 59.7 Å². The first-order chi connectivity index (χ1) is 18.9. The Kier molecular flexibility index (Phi) is 12.4. The Morgan fingerprint density at radius 1 is 1.10 bits per heavy atom. The Balaban J connectivity index is 2.35. The maximum atomic E-state index is 13.4. The highest BCUT2D eigenvalue weighted by molar-refractivity contribution is 6.01. The number of hydrogen-bond donors (Lipinski definition) is 3. The maximum absolute atomic E-state index is 13.4. The molecule has 40 heavy (non-hydrogen) atoms. The molecule has 6 unspecified atom stereocenters. The topological polar surface area (TPSA) is 157 Å². The minimum absolute atomic E-state index is 0.000852. The summed E-state index contributed by atoms with van der Waals surface area (Å²) in [6.45, 7) is 10.9. The molecule has 0 aromatic heterocycles. The summed E-state index contributed by atoms with van der Waals surface area (Å²) in [6, 6.07) is 2.71. The number of rotatable bonds is 12. The Morgan fingerprint density at radius 3 is 2.40 bits per heavy atom. The number of ether oxygens (including phenoxy) is 3. The Bertz CT molecular complexity index is 1060. The summed E-state index contributed by atoms with van der Waals surface area (Å²) < 4.78 is 17.0. The number of nitrogens with one attached hydrogen (secondary N) is 2. The number of amides is 2. The van der Waals surface area contributed by atoms with Gasteiger partial charge in [0.25, 0.3) is 5.91 Å². The van der Waals surface area contributed by atoms with Crippen molar-refractivity contribution in [1.82, 2.24) is 5.32 Å². The molecule has 1 fully saturated rings. The van der Waals surface area contributed by atoms with Gasteiger partial charge in [-0.3, -0.25) is 19.2 Å². The second kappa shape index (κ2) is 15.2. The van der Waals surface area contributed by atoms with Gasteiger partial charge in [0.05, 0.1) is 17.2 Å². The third-order valence-corrected chi connectivity index (χ3v) is 7.02. The molecule has 11 nitrogen and oxygen atoms in total. The van der Waals surface area contributed by atoms with Crippen LogP contribution in [0.1, 0.15) is 84.0 Å². The molecule has 0 spiro atoms. The fourth-order valence-electron chi connectivity index (χ4n) is 4.50. The summed E-state index contributed by atoms with van der Waals surface area (Å²) in [5.41, 5.74) is -0.214. The number of benzene rings is 1. The SMILES string of the molecule is CCC(C)CCCC1C(=O)OC(C)C(NC(=O)c2cccc(NC=O)c2O)C(=O)OC(C)C1OC(=O)CC(C)C. The van der Waals surface area contributed by atoms with Crippen molar-refractivity contribution in [2.45, 2.75) is 98.0 Å². The molecule has 222 valence electrons. The highest BCUT2D eigenvalue weighted by Crippen LogP contribution is 2.29. The molecule has 2 rings (SSSR count). The van der Waals surface area contributed by atoms with Crippen LogP contribution in [0.25, 0.3) is 0 Å². The molecule has 1 saturated heterocycles. The van der Waals surface area contributed by atoms with Crippen LogP contribution in [0.15, 0.2) is 18.2 Å². The molecule has 6 atom stereocenters. The van der Waals surface area contributed by atoms with Crippen molar-refractivity contribution in [2.75, 3.05) is 5.32 Å². The number of hydrogen-bond acceptors (Lipinski definition) is 9. The monoisotopic (exact) mass is 562 g/mol. The Hall–Kier alpha value is -3.63. The summed E-state index contributed by atoms with van der Waals surface area (Å²) in [5, 5.41) is 15.2. The molecule has 1 aliphatic rings. The zero-order valence-corrected chi connectivity index (χ0v) is 24.1. The molecule has 0 saturated carbocycles. The van der Waals surface area contributed by atoms with Gasteiger partial charge >= 0.3 is 17.9 Å². The molecule has 1 aromatic carbocycles. The molecule has 2 amide bonds. The number of anilines is 1. The van der Waals surface area contributed by atoms with Crippen LogP contribution in [0.3, 0.4) is 0 Å². The predicted molar refractivity (Wildman–Crippen MR) is 146 cm³/mol. The van der Waals surface area contributed by atoms with Crippen LogP contribution < -0.4 is 10.6 Å². The average molecular weight is 563 g/mol. The summed E-state index contributed by atoms with van der Waals surface area (Å²) in [6.07, 6.45) is 0.123. The molecular weight excluding hydrogens is 520 g/mol. The number of para-hydroxylation sites is 1. The van der Waals surface area contributed by atoms with Crippen LogP contribution in [0.4, 0.5) is 5.69 Å². The number of phenolic OH excluding ortho intramolecular Hbond substituents is 1. The Labute approximate surface area is 235 Å². The zero-order chi connectivity index (χ0) is 30.0. The van der Waals surface area contributed by atoms with Crippen molar-refractivity contribution in [2.24, 2.45) is 17.8 Å². The van der Waals surface area contributed by atoms with Crippen molar-refractivity contribution in [1.29, 1.82) is 0 Å². The third kappa shape index (κ3) is 8.96. The molecule has 1 heterocycles. The van der Waals surface area contributed by atoms with E-state index in [0.29, 0.717) is 25.2 Å². The number of cyclic esters (lactones) is 2. The van der Waals surface area contributed by atoms with Gasteiger partial charge in [0.15, 0.2) is 17.9 Å². The van der Waals surface area contributed by atoms with E-state index in [4.69, 9.17) is 14.2 Å². The quantitative estimate of drug-likeness (QED) is 0.149. The Morgan fingerprint density at radius 2 is 1.77 bits per heavy atom. The van der Waals surface area contributed by atoms with Crippen molar-refractivity contribution in [3.05, 3.63) is 23.8 Å². The smallest absolute Gasteiger partial charge is 0.332 e. The van der Waals surface area contributed by atoms with E-state index in [1.165, 1.54) is 32.0 Å². The van der Waals surface area contributed by atoms with Gasteiger partial charge in [0.2, 0.25) is 6.41 Å². The van der Waals surface area contributed by atoms with E-state index in [0.717, 1.165) is 12.8 Å². The van der Waals surface area contributed by atoms with E-state index in [2.05, 4.69) is 24.5 Å². The highest BCUT2D eigenvalue weighted by atomic mass is 16.6.